The van der Waals surface area contributed by atoms with E-state index in [0.717, 1.165) is 18.8 Å². The molecule has 0 atom stereocenters. The van der Waals surface area contributed by atoms with Crippen LogP contribution in [0.1, 0.15) is 47.0 Å². The van der Waals surface area contributed by atoms with E-state index in [2.05, 4.69) is 20.8 Å². The lowest BCUT2D eigenvalue weighted by Crippen LogP contribution is -2.31. The van der Waals surface area contributed by atoms with Crippen LogP contribution in [0.3, 0.4) is 0 Å². The summed E-state index contributed by atoms with van der Waals surface area (Å²) in [7, 11) is 0. The Labute approximate surface area is 75.5 Å². The van der Waals surface area contributed by atoms with E-state index in [1.54, 1.807) is 6.92 Å². The van der Waals surface area contributed by atoms with Crippen molar-refractivity contribution in [3.8, 4) is 0 Å². The zero-order valence-electron chi connectivity index (χ0n) is 8.68. The minimum atomic E-state index is 0.389. The van der Waals surface area contributed by atoms with Gasteiger partial charge in [-0.25, -0.2) is 0 Å². The van der Waals surface area contributed by atoms with Gasteiger partial charge in [0.1, 0.15) is 5.78 Å². The van der Waals surface area contributed by atoms with Crippen LogP contribution in [-0.2, 0) is 4.79 Å². The van der Waals surface area contributed by atoms with Crippen LogP contribution < -0.4 is 0 Å². The maximum atomic E-state index is 10.9. The van der Waals surface area contributed by atoms with Crippen molar-refractivity contribution in [2.45, 2.75) is 47.0 Å². The minimum Gasteiger partial charge on any atom is -0.300 e. The second-order valence-corrected chi connectivity index (χ2v) is 5.41. The highest BCUT2D eigenvalue weighted by Gasteiger charge is 2.34. The third-order valence-electron chi connectivity index (χ3n) is 2.71. The summed E-state index contributed by atoms with van der Waals surface area (Å²) >= 11 is 0. The average Bonchev–Trinajstić information content (AvgIpc) is 1.74. The first-order chi connectivity index (χ1) is 5.38. The lowest BCUT2D eigenvalue weighted by atomic mass is 9.67. The number of rotatable bonds is 2. The number of Topliss-reactive ketones (excluding diaryl/α,β-unsaturated/α-hetero) is 1. The van der Waals surface area contributed by atoms with Crippen molar-refractivity contribution in [2.24, 2.45) is 17.3 Å². The van der Waals surface area contributed by atoms with Crippen molar-refractivity contribution in [1.82, 2.24) is 0 Å². The van der Waals surface area contributed by atoms with Crippen LogP contribution in [0.2, 0.25) is 0 Å². The molecule has 0 aliphatic heterocycles. The van der Waals surface area contributed by atoms with Crippen LogP contribution >= 0.6 is 0 Å². The molecule has 0 N–H and O–H groups in total. The lowest BCUT2D eigenvalue weighted by Gasteiger charge is -2.37. The molecule has 1 rings (SSSR count). The van der Waals surface area contributed by atoms with Gasteiger partial charge in [0.05, 0.1) is 0 Å². The highest BCUT2D eigenvalue weighted by molar-refractivity contribution is 5.79. The van der Waals surface area contributed by atoms with E-state index in [1.807, 2.05) is 0 Å². The normalized spacial score (nSPS) is 29.7. The Hall–Kier alpha value is -0.330. The highest BCUT2D eigenvalue weighted by Crippen LogP contribution is 2.41. The van der Waals surface area contributed by atoms with Gasteiger partial charge >= 0.3 is 0 Å². The van der Waals surface area contributed by atoms with Gasteiger partial charge in [-0.05, 0) is 37.5 Å². The largest absolute Gasteiger partial charge is 0.300 e. The quantitative estimate of drug-likeness (QED) is 0.619. The zero-order valence-corrected chi connectivity index (χ0v) is 8.68. The van der Waals surface area contributed by atoms with Crippen molar-refractivity contribution in [1.29, 1.82) is 0 Å². The molecule has 0 bridgehead atoms. The molecule has 0 spiro atoms. The Morgan fingerprint density at radius 2 is 1.83 bits per heavy atom. The van der Waals surface area contributed by atoms with Crippen LogP contribution in [0.5, 0.6) is 0 Å². The summed E-state index contributed by atoms with van der Waals surface area (Å²) < 4.78 is 0. The van der Waals surface area contributed by atoms with Gasteiger partial charge in [-0.1, -0.05) is 20.8 Å². The summed E-state index contributed by atoms with van der Waals surface area (Å²) in [5.74, 6) is 1.61. The fraction of sp³-hybridized carbons (Fsp3) is 0.909. The topological polar surface area (TPSA) is 17.1 Å². The average molecular weight is 168 g/mol. The van der Waals surface area contributed by atoms with E-state index in [-0.39, 0.29) is 0 Å². The molecular formula is C11H20O. The molecule has 12 heavy (non-hydrogen) atoms. The Morgan fingerprint density at radius 3 is 2.17 bits per heavy atom. The fourth-order valence-electron chi connectivity index (χ4n) is 2.10. The molecule has 0 aromatic carbocycles. The standard InChI is InChI=1S/C11H20O/c1-8(12)10-5-9(6-10)7-11(2,3)4/h9-10H,5-7H2,1-4H3. The van der Waals surface area contributed by atoms with E-state index < -0.39 is 0 Å². The van der Waals surface area contributed by atoms with Gasteiger partial charge in [-0.3, -0.25) is 4.79 Å². The molecule has 1 aliphatic rings. The van der Waals surface area contributed by atoms with Gasteiger partial charge in [-0.15, -0.1) is 0 Å². The molecule has 0 saturated heterocycles. The summed E-state index contributed by atoms with van der Waals surface area (Å²) in [5.41, 5.74) is 0.437. The molecule has 0 radical (unpaired) electrons. The fourth-order valence-corrected chi connectivity index (χ4v) is 2.10. The number of carbonyl (C=O) groups excluding carboxylic acids is 1. The third kappa shape index (κ3) is 2.62. The van der Waals surface area contributed by atoms with E-state index in [0.29, 0.717) is 17.1 Å². The molecule has 0 heterocycles. The van der Waals surface area contributed by atoms with Crippen LogP contribution in [0.15, 0.2) is 0 Å². The lowest BCUT2D eigenvalue weighted by molar-refractivity contribution is -0.125. The van der Waals surface area contributed by atoms with Crippen LogP contribution in [-0.4, -0.2) is 5.78 Å². The number of ketones is 1. The van der Waals surface area contributed by atoms with Crippen molar-refractivity contribution in [2.75, 3.05) is 0 Å². The summed E-state index contributed by atoms with van der Waals surface area (Å²) in [5, 5.41) is 0. The zero-order chi connectivity index (χ0) is 9.35. The Balaban J connectivity index is 2.22. The van der Waals surface area contributed by atoms with Gasteiger partial charge in [0.25, 0.3) is 0 Å². The van der Waals surface area contributed by atoms with Crippen LogP contribution in [0.25, 0.3) is 0 Å². The molecular weight excluding hydrogens is 148 g/mol. The summed E-state index contributed by atoms with van der Waals surface area (Å²) in [6.45, 7) is 8.54. The van der Waals surface area contributed by atoms with Crippen LogP contribution in [0, 0.1) is 17.3 Å². The summed E-state index contributed by atoms with van der Waals surface area (Å²) in [6, 6.07) is 0. The molecule has 0 unspecified atom stereocenters. The number of hydrogen-bond acceptors (Lipinski definition) is 1. The smallest absolute Gasteiger partial charge is 0.132 e. The second-order valence-electron chi connectivity index (χ2n) is 5.41. The first-order valence-corrected chi connectivity index (χ1v) is 4.89. The maximum absolute atomic E-state index is 10.9. The summed E-state index contributed by atoms with van der Waals surface area (Å²) in [6.07, 6.45) is 3.57. The van der Waals surface area contributed by atoms with Gasteiger partial charge in [0.15, 0.2) is 0 Å². The first kappa shape index (κ1) is 9.76. The molecule has 0 aromatic rings. The highest BCUT2D eigenvalue weighted by atomic mass is 16.1. The molecule has 0 amide bonds. The molecule has 1 aliphatic carbocycles. The second kappa shape index (κ2) is 3.20. The van der Waals surface area contributed by atoms with Gasteiger partial charge < -0.3 is 0 Å². The van der Waals surface area contributed by atoms with Crippen molar-refractivity contribution >= 4 is 5.78 Å². The van der Waals surface area contributed by atoms with Crippen molar-refractivity contribution < 1.29 is 4.79 Å². The predicted molar refractivity (Wildman–Crippen MR) is 51.0 cm³/mol. The minimum absolute atomic E-state index is 0.389. The van der Waals surface area contributed by atoms with Gasteiger partial charge in [0.2, 0.25) is 0 Å². The van der Waals surface area contributed by atoms with Crippen molar-refractivity contribution in [3.05, 3.63) is 0 Å². The molecule has 70 valence electrons. The maximum Gasteiger partial charge on any atom is 0.132 e. The van der Waals surface area contributed by atoms with Crippen LogP contribution in [0.4, 0.5) is 0 Å². The monoisotopic (exact) mass is 168 g/mol. The Kier molecular flexibility index (Phi) is 2.60. The van der Waals surface area contributed by atoms with Gasteiger partial charge in [0, 0.05) is 5.92 Å². The van der Waals surface area contributed by atoms with E-state index in [1.165, 1.54) is 6.42 Å². The van der Waals surface area contributed by atoms with E-state index in [9.17, 15) is 4.79 Å². The molecule has 1 saturated carbocycles. The molecule has 1 heteroatoms. The van der Waals surface area contributed by atoms with E-state index in [4.69, 9.17) is 0 Å². The third-order valence-corrected chi connectivity index (χ3v) is 2.71. The molecule has 0 aromatic heterocycles. The Bertz CT molecular complexity index is 170. The SMILES string of the molecule is CC(=O)C1CC(CC(C)(C)C)C1. The van der Waals surface area contributed by atoms with E-state index >= 15 is 0 Å². The number of carbonyl (C=O) groups is 1. The van der Waals surface area contributed by atoms with Crippen molar-refractivity contribution in [3.63, 3.8) is 0 Å². The summed E-state index contributed by atoms with van der Waals surface area (Å²) in [4.78, 5) is 10.9. The number of hydrogen-bond donors (Lipinski definition) is 0. The van der Waals surface area contributed by atoms with Gasteiger partial charge in [-0.2, -0.15) is 0 Å². The molecule has 1 nitrogen and oxygen atoms in total. The Morgan fingerprint density at radius 1 is 1.33 bits per heavy atom. The predicted octanol–water partition coefficient (Wildman–Crippen LogP) is 3.04. The molecule has 1 fully saturated rings. The first-order valence-electron chi connectivity index (χ1n) is 4.89.